The maximum Gasteiger partial charge on any atom is 0.258 e. The van der Waals surface area contributed by atoms with Gasteiger partial charge in [0.1, 0.15) is 5.60 Å². The molecule has 0 aliphatic carbocycles. The summed E-state index contributed by atoms with van der Waals surface area (Å²) in [6.45, 7) is 3.31. The Hall–Kier alpha value is -0.940. The van der Waals surface area contributed by atoms with Gasteiger partial charge in [-0.05, 0) is 32.7 Å². The lowest BCUT2D eigenvalue weighted by molar-refractivity contribution is -0.0891. The molecule has 0 amide bonds. The van der Waals surface area contributed by atoms with E-state index in [4.69, 9.17) is 15.0 Å². The van der Waals surface area contributed by atoms with Crippen molar-refractivity contribution in [3.63, 3.8) is 0 Å². The van der Waals surface area contributed by atoms with Crippen molar-refractivity contribution in [2.24, 2.45) is 5.73 Å². The molecular formula is C10H17N3O2. The van der Waals surface area contributed by atoms with Gasteiger partial charge in [-0.25, -0.2) is 0 Å². The van der Waals surface area contributed by atoms with E-state index in [1.807, 2.05) is 6.92 Å². The molecule has 2 rings (SSSR count). The molecule has 15 heavy (non-hydrogen) atoms. The summed E-state index contributed by atoms with van der Waals surface area (Å²) in [5, 5.41) is 3.88. The normalized spacial score (nSPS) is 26.8. The lowest BCUT2D eigenvalue weighted by atomic mass is 9.96. The topological polar surface area (TPSA) is 74.2 Å². The van der Waals surface area contributed by atoms with Crippen LogP contribution in [0.5, 0.6) is 0 Å². The standard InChI is InChI=1S/C10H17N3O2/c1-10(5-2-3-7-14-10)9-12-8(4-6-11)13-15-9/h2-7,11H2,1H3. The van der Waals surface area contributed by atoms with Gasteiger partial charge in [-0.2, -0.15) is 4.98 Å². The minimum atomic E-state index is -0.391. The van der Waals surface area contributed by atoms with E-state index in [-0.39, 0.29) is 0 Å². The molecule has 1 aliphatic heterocycles. The highest BCUT2D eigenvalue weighted by molar-refractivity contribution is 4.99. The monoisotopic (exact) mass is 211 g/mol. The smallest absolute Gasteiger partial charge is 0.258 e. The van der Waals surface area contributed by atoms with Crippen LogP contribution in [0.4, 0.5) is 0 Å². The third-order valence-corrected chi connectivity index (χ3v) is 2.76. The Morgan fingerprint density at radius 2 is 2.33 bits per heavy atom. The molecule has 2 N–H and O–H groups in total. The van der Waals surface area contributed by atoms with Crippen LogP contribution in [0.15, 0.2) is 4.52 Å². The average molecular weight is 211 g/mol. The number of aromatic nitrogens is 2. The predicted octanol–water partition coefficient (Wildman–Crippen LogP) is 0.986. The summed E-state index contributed by atoms with van der Waals surface area (Å²) in [6.07, 6.45) is 3.85. The van der Waals surface area contributed by atoms with Gasteiger partial charge in [0.25, 0.3) is 5.89 Å². The van der Waals surface area contributed by atoms with Crippen molar-refractivity contribution in [1.82, 2.24) is 10.1 Å². The number of hydrogen-bond donors (Lipinski definition) is 1. The molecule has 84 valence electrons. The van der Waals surface area contributed by atoms with Gasteiger partial charge in [0, 0.05) is 13.0 Å². The first-order chi connectivity index (χ1) is 7.24. The van der Waals surface area contributed by atoms with Crippen LogP contribution in [0.1, 0.15) is 37.9 Å². The van der Waals surface area contributed by atoms with E-state index in [0.29, 0.717) is 24.7 Å². The van der Waals surface area contributed by atoms with Crippen molar-refractivity contribution < 1.29 is 9.26 Å². The Kier molecular flexibility index (Phi) is 3.02. The first-order valence-corrected chi connectivity index (χ1v) is 5.42. The van der Waals surface area contributed by atoms with Gasteiger partial charge in [-0.1, -0.05) is 5.16 Å². The minimum Gasteiger partial charge on any atom is -0.365 e. The Morgan fingerprint density at radius 1 is 1.47 bits per heavy atom. The van der Waals surface area contributed by atoms with Crippen LogP contribution < -0.4 is 5.73 Å². The van der Waals surface area contributed by atoms with Crippen molar-refractivity contribution in [1.29, 1.82) is 0 Å². The van der Waals surface area contributed by atoms with Crippen LogP contribution in [0, 0.1) is 0 Å². The van der Waals surface area contributed by atoms with Crippen molar-refractivity contribution >= 4 is 0 Å². The number of hydrogen-bond acceptors (Lipinski definition) is 5. The van der Waals surface area contributed by atoms with E-state index in [1.54, 1.807) is 0 Å². The van der Waals surface area contributed by atoms with Gasteiger partial charge in [0.15, 0.2) is 5.82 Å². The summed E-state index contributed by atoms with van der Waals surface area (Å²) in [5.41, 5.74) is 5.04. The van der Waals surface area contributed by atoms with E-state index in [0.717, 1.165) is 25.9 Å². The summed E-state index contributed by atoms with van der Waals surface area (Å²) in [6, 6.07) is 0. The second-order valence-electron chi connectivity index (χ2n) is 4.09. The van der Waals surface area contributed by atoms with Crippen molar-refractivity contribution in [2.45, 2.75) is 38.2 Å². The number of nitrogens with zero attached hydrogens (tertiary/aromatic N) is 2. The van der Waals surface area contributed by atoms with Gasteiger partial charge in [-0.3, -0.25) is 0 Å². The van der Waals surface area contributed by atoms with Crippen LogP contribution in [-0.2, 0) is 16.8 Å². The molecule has 1 atom stereocenters. The number of nitrogens with two attached hydrogens (primary N) is 1. The number of ether oxygens (including phenoxy) is 1. The van der Waals surface area contributed by atoms with Gasteiger partial charge in [0.05, 0.1) is 0 Å². The van der Waals surface area contributed by atoms with Gasteiger partial charge in [-0.15, -0.1) is 0 Å². The van der Waals surface area contributed by atoms with E-state index in [9.17, 15) is 0 Å². The molecule has 1 unspecified atom stereocenters. The quantitative estimate of drug-likeness (QED) is 0.806. The predicted molar refractivity (Wildman–Crippen MR) is 54.2 cm³/mol. The lowest BCUT2D eigenvalue weighted by Crippen LogP contribution is -2.30. The highest BCUT2D eigenvalue weighted by Crippen LogP contribution is 2.33. The fraction of sp³-hybridized carbons (Fsp3) is 0.800. The zero-order valence-electron chi connectivity index (χ0n) is 9.03. The summed E-state index contributed by atoms with van der Waals surface area (Å²) in [5.74, 6) is 1.26. The summed E-state index contributed by atoms with van der Waals surface area (Å²) in [4.78, 5) is 4.31. The van der Waals surface area contributed by atoms with Gasteiger partial charge < -0.3 is 15.0 Å². The molecule has 1 saturated heterocycles. The van der Waals surface area contributed by atoms with Crippen LogP contribution >= 0.6 is 0 Å². The summed E-state index contributed by atoms with van der Waals surface area (Å²) >= 11 is 0. The van der Waals surface area contributed by atoms with E-state index < -0.39 is 5.60 Å². The van der Waals surface area contributed by atoms with Crippen molar-refractivity contribution in [2.75, 3.05) is 13.2 Å². The fourth-order valence-corrected chi connectivity index (χ4v) is 1.80. The van der Waals surface area contributed by atoms with Crippen LogP contribution in [-0.4, -0.2) is 23.3 Å². The maximum atomic E-state index is 5.72. The molecule has 1 fully saturated rings. The molecule has 0 saturated carbocycles. The molecule has 1 aromatic heterocycles. The summed E-state index contributed by atoms with van der Waals surface area (Å²) in [7, 11) is 0. The first kappa shape index (κ1) is 10.6. The zero-order valence-corrected chi connectivity index (χ0v) is 9.03. The van der Waals surface area contributed by atoms with Crippen LogP contribution in [0.3, 0.4) is 0 Å². The van der Waals surface area contributed by atoms with Crippen molar-refractivity contribution in [3.8, 4) is 0 Å². The molecule has 5 heteroatoms. The second-order valence-corrected chi connectivity index (χ2v) is 4.09. The second kappa shape index (κ2) is 4.28. The maximum absolute atomic E-state index is 5.72. The molecule has 2 heterocycles. The molecular weight excluding hydrogens is 194 g/mol. The Labute approximate surface area is 89.0 Å². The van der Waals surface area contributed by atoms with E-state index in [2.05, 4.69) is 10.1 Å². The van der Waals surface area contributed by atoms with Crippen LogP contribution in [0.2, 0.25) is 0 Å². The molecule has 1 aliphatic rings. The van der Waals surface area contributed by atoms with Gasteiger partial charge >= 0.3 is 0 Å². The summed E-state index contributed by atoms with van der Waals surface area (Å²) < 4.78 is 10.9. The third kappa shape index (κ3) is 2.18. The number of rotatable bonds is 3. The molecule has 0 bridgehead atoms. The minimum absolute atomic E-state index is 0.391. The molecule has 1 aromatic rings. The molecule has 0 aromatic carbocycles. The molecule has 0 spiro atoms. The Balaban J connectivity index is 2.12. The Morgan fingerprint density at radius 3 is 3.00 bits per heavy atom. The highest BCUT2D eigenvalue weighted by atomic mass is 16.5. The van der Waals surface area contributed by atoms with E-state index in [1.165, 1.54) is 0 Å². The lowest BCUT2D eigenvalue weighted by Gasteiger charge is -2.29. The largest absolute Gasteiger partial charge is 0.365 e. The molecule has 0 radical (unpaired) electrons. The SMILES string of the molecule is CC1(c2nc(CCN)no2)CCCCO1. The van der Waals surface area contributed by atoms with E-state index >= 15 is 0 Å². The third-order valence-electron chi connectivity index (χ3n) is 2.76. The van der Waals surface area contributed by atoms with Crippen molar-refractivity contribution in [3.05, 3.63) is 11.7 Å². The van der Waals surface area contributed by atoms with Crippen LogP contribution in [0.25, 0.3) is 0 Å². The highest BCUT2D eigenvalue weighted by Gasteiger charge is 2.35. The fourth-order valence-electron chi connectivity index (χ4n) is 1.80. The Bertz CT molecular complexity index is 318. The average Bonchev–Trinajstić information content (AvgIpc) is 2.69. The zero-order chi connectivity index (χ0) is 10.7. The molecule has 5 nitrogen and oxygen atoms in total. The first-order valence-electron chi connectivity index (χ1n) is 5.42. The van der Waals surface area contributed by atoms with Gasteiger partial charge in [0.2, 0.25) is 0 Å².